The molecule has 0 aliphatic rings. The molecule has 0 rings (SSSR count). The van der Waals surface area contributed by atoms with Gasteiger partial charge >= 0.3 is 0 Å². The first-order valence-corrected chi connectivity index (χ1v) is 9.55. The van der Waals surface area contributed by atoms with Gasteiger partial charge in [0, 0.05) is 0 Å². The molecule has 0 saturated carbocycles. The van der Waals surface area contributed by atoms with Crippen LogP contribution in [0, 0.1) is 11.8 Å². The average molecular weight is 296 g/mol. The Balaban J connectivity index is 3.19. The van der Waals surface area contributed by atoms with Gasteiger partial charge in [0.15, 0.2) is 0 Å². The Kier molecular flexibility index (Phi) is 15.8. The standard InChI is InChI=1S/C20H41N/c1-4-19(2)15-13-11-9-7-5-6-8-10-12-14-16-20(3)17-18-21/h5-6,19-20H,4,7-18,21H2,1-3H3. The van der Waals surface area contributed by atoms with Crippen LogP contribution in [-0.2, 0) is 0 Å². The zero-order valence-corrected chi connectivity index (χ0v) is 15.1. The Bertz CT molecular complexity index is 222. The van der Waals surface area contributed by atoms with Crippen LogP contribution in [0.15, 0.2) is 12.2 Å². The highest BCUT2D eigenvalue weighted by atomic mass is 14.5. The molecule has 0 spiro atoms. The van der Waals surface area contributed by atoms with Crippen LogP contribution in [0.4, 0.5) is 0 Å². The smallest absolute Gasteiger partial charge is 0.00747 e. The highest BCUT2D eigenvalue weighted by Crippen LogP contribution is 2.14. The first-order valence-electron chi connectivity index (χ1n) is 9.55. The number of nitrogens with two attached hydrogens (primary N) is 1. The molecule has 0 fully saturated rings. The van der Waals surface area contributed by atoms with Crippen LogP contribution in [0.2, 0.25) is 0 Å². The van der Waals surface area contributed by atoms with E-state index in [1.165, 1.54) is 77.0 Å². The number of allylic oxidation sites excluding steroid dienone is 2. The molecular formula is C20H41N. The van der Waals surface area contributed by atoms with E-state index in [-0.39, 0.29) is 0 Å². The molecule has 0 amide bonds. The van der Waals surface area contributed by atoms with Crippen LogP contribution < -0.4 is 5.73 Å². The number of unbranched alkanes of at least 4 members (excludes halogenated alkanes) is 6. The van der Waals surface area contributed by atoms with Crippen molar-refractivity contribution in [3.63, 3.8) is 0 Å². The summed E-state index contributed by atoms with van der Waals surface area (Å²) in [6.45, 7) is 7.85. The fourth-order valence-electron chi connectivity index (χ4n) is 2.73. The molecule has 1 heteroatoms. The van der Waals surface area contributed by atoms with Gasteiger partial charge in [-0.25, -0.2) is 0 Å². The fourth-order valence-corrected chi connectivity index (χ4v) is 2.73. The predicted octanol–water partition coefficient (Wildman–Crippen LogP) is 6.47. The van der Waals surface area contributed by atoms with E-state index in [2.05, 4.69) is 32.9 Å². The van der Waals surface area contributed by atoms with Crippen molar-refractivity contribution in [3.8, 4) is 0 Å². The number of hydrogen-bond donors (Lipinski definition) is 1. The summed E-state index contributed by atoms with van der Waals surface area (Å²) in [5.41, 5.74) is 5.57. The third-order valence-corrected chi connectivity index (χ3v) is 4.66. The summed E-state index contributed by atoms with van der Waals surface area (Å²) >= 11 is 0. The SMILES string of the molecule is CCC(C)CCCCCC=CCCCCCC(C)CCN. The molecule has 0 aromatic rings. The fraction of sp³-hybridized carbons (Fsp3) is 0.900. The van der Waals surface area contributed by atoms with Crippen LogP contribution >= 0.6 is 0 Å². The average Bonchev–Trinajstić information content (AvgIpc) is 2.48. The Labute approximate surface area is 134 Å². The lowest BCUT2D eigenvalue weighted by Gasteiger charge is -2.08. The van der Waals surface area contributed by atoms with E-state index < -0.39 is 0 Å². The quantitative estimate of drug-likeness (QED) is 0.272. The van der Waals surface area contributed by atoms with Gasteiger partial charge in [0.25, 0.3) is 0 Å². The lowest BCUT2D eigenvalue weighted by atomic mass is 9.99. The van der Waals surface area contributed by atoms with Crippen molar-refractivity contribution in [1.82, 2.24) is 0 Å². The topological polar surface area (TPSA) is 26.0 Å². The molecule has 2 atom stereocenters. The van der Waals surface area contributed by atoms with Gasteiger partial charge in [-0.2, -0.15) is 0 Å². The lowest BCUT2D eigenvalue weighted by molar-refractivity contribution is 0.467. The summed E-state index contributed by atoms with van der Waals surface area (Å²) in [5, 5.41) is 0. The minimum absolute atomic E-state index is 0.820. The van der Waals surface area contributed by atoms with Crippen LogP contribution in [0.1, 0.15) is 97.8 Å². The Morgan fingerprint density at radius 2 is 1.24 bits per heavy atom. The minimum Gasteiger partial charge on any atom is -0.330 e. The van der Waals surface area contributed by atoms with Crippen LogP contribution in [-0.4, -0.2) is 6.54 Å². The molecule has 0 heterocycles. The molecule has 126 valence electrons. The third kappa shape index (κ3) is 15.9. The molecule has 1 nitrogen and oxygen atoms in total. The molecule has 0 saturated heterocycles. The zero-order chi connectivity index (χ0) is 15.8. The number of rotatable bonds is 15. The first-order chi connectivity index (χ1) is 10.2. The van der Waals surface area contributed by atoms with Gasteiger partial charge in [0.05, 0.1) is 0 Å². The zero-order valence-electron chi connectivity index (χ0n) is 15.1. The van der Waals surface area contributed by atoms with Crippen molar-refractivity contribution in [1.29, 1.82) is 0 Å². The third-order valence-electron chi connectivity index (χ3n) is 4.66. The second-order valence-electron chi connectivity index (χ2n) is 6.94. The van der Waals surface area contributed by atoms with Gasteiger partial charge in [-0.1, -0.05) is 77.9 Å². The normalized spacial score (nSPS) is 14.7. The highest BCUT2D eigenvalue weighted by Gasteiger charge is 1.99. The van der Waals surface area contributed by atoms with E-state index in [4.69, 9.17) is 5.73 Å². The van der Waals surface area contributed by atoms with Gasteiger partial charge in [0.1, 0.15) is 0 Å². The second kappa shape index (κ2) is 16.1. The predicted molar refractivity (Wildman–Crippen MR) is 97.6 cm³/mol. The van der Waals surface area contributed by atoms with Gasteiger partial charge in [-0.05, 0) is 50.5 Å². The monoisotopic (exact) mass is 295 g/mol. The van der Waals surface area contributed by atoms with Crippen molar-refractivity contribution in [2.45, 2.75) is 97.8 Å². The Morgan fingerprint density at radius 1 is 0.714 bits per heavy atom. The minimum atomic E-state index is 0.820. The van der Waals surface area contributed by atoms with E-state index in [0.717, 1.165) is 18.4 Å². The second-order valence-corrected chi connectivity index (χ2v) is 6.94. The van der Waals surface area contributed by atoms with Gasteiger partial charge in [0.2, 0.25) is 0 Å². The van der Waals surface area contributed by atoms with E-state index >= 15 is 0 Å². The van der Waals surface area contributed by atoms with Crippen molar-refractivity contribution in [3.05, 3.63) is 12.2 Å². The maximum atomic E-state index is 5.57. The number of hydrogen-bond acceptors (Lipinski definition) is 1. The maximum absolute atomic E-state index is 5.57. The van der Waals surface area contributed by atoms with E-state index in [0.29, 0.717) is 0 Å². The Morgan fingerprint density at radius 3 is 1.71 bits per heavy atom. The van der Waals surface area contributed by atoms with E-state index in [1.807, 2.05) is 0 Å². The van der Waals surface area contributed by atoms with Crippen LogP contribution in [0.25, 0.3) is 0 Å². The molecule has 0 aliphatic heterocycles. The summed E-state index contributed by atoms with van der Waals surface area (Å²) in [6, 6.07) is 0. The van der Waals surface area contributed by atoms with Gasteiger partial charge in [-0.3, -0.25) is 0 Å². The van der Waals surface area contributed by atoms with E-state index in [1.54, 1.807) is 0 Å². The molecule has 2 unspecified atom stereocenters. The summed E-state index contributed by atoms with van der Waals surface area (Å²) in [5.74, 6) is 1.74. The van der Waals surface area contributed by atoms with Crippen molar-refractivity contribution >= 4 is 0 Å². The maximum Gasteiger partial charge on any atom is -0.00747 e. The molecule has 0 bridgehead atoms. The Hall–Kier alpha value is -0.300. The molecule has 0 aromatic heterocycles. The van der Waals surface area contributed by atoms with Gasteiger partial charge in [-0.15, -0.1) is 0 Å². The molecule has 0 aromatic carbocycles. The summed E-state index contributed by atoms with van der Waals surface area (Å²) < 4.78 is 0. The van der Waals surface area contributed by atoms with Crippen molar-refractivity contribution < 1.29 is 0 Å². The van der Waals surface area contributed by atoms with Crippen LogP contribution in [0.5, 0.6) is 0 Å². The molecular weight excluding hydrogens is 254 g/mol. The molecule has 21 heavy (non-hydrogen) atoms. The van der Waals surface area contributed by atoms with Gasteiger partial charge < -0.3 is 5.73 Å². The largest absolute Gasteiger partial charge is 0.330 e. The molecule has 0 aliphatic carbocycles. The summed E-state index contributed by atoms with van der Waals surface area (Å²) in [4.78, 5) is 0. The van der Waals surface area contributed by atoms with E-state index in [9.17, 15) is 0 Å². The molecule has 2 N–H and O–H groups in total. The van der Waals surface area contributed by atoms with Crippen LogP contribution in [0.3, 0.4) is 0 Å². The lowest BCUT2D eigenvalue weighted by Crippen LogP contribution is -2.05. The highest BCUT2D eigenvalue weighted by molar-refractivity contribution is 4.81. The van der Waals surface area contributed by atoms with Crippen molar-refractivity contribution in [2.24, 2.45) is 17.6 Å². The summed E-state index contributed by atoms with van der Waals surface area (Å²) in [6.07, 6.45) is 21.0. The first kappa shape index (κ1) is 20.7. The summed E-state index contributed by atoms with van der Waals surface area (Å²) in [7, 11) is 0. The van der Waals surface area contributed by atoms with Crippen molar-refractivity contribution in [2.75, 3.05) is 6.54 Å². The molecule has 0 radical (unpaired) electrons.